The molecule has 1 aromatic heterocycles. The minimum atomic E-state index is 0.586. The predicted octanol–water partition coefficient (Wildman–Crippen LogP) is 1.58. The number of aryl methyl sites for hydroxylation is 2. The molecule has 1 N–H and O–H groups in total. The van der Waals surface area contributed by atoms with E-state index in [0.717, 1.165) is 49.2 Å². The highest BCUT2D eigenvalue weighted by Crippen LogP contribution is 2.21. The zero-order chi connectivity index (χ0) is 14.5. The predicted molar refractivity (Wildman–Crippen MR) is 81.1 cm³/mol. The molecular weight excluding hydrogens is 276 g/mol. The van der Waals surface area contributed by atoms with E-state index in [4.69, 9.17) is 16.3 Å². The minimum absolute atomic E-state index is 0.586. The number of methoxy groups -OCH3 is 1. The Bertz CT molecular complexity index is 429. The Balaban J connectivity index is 2.01. The third-order valence-corrected chi connectivity index (χ3v) is 4.38. The topological polar surface area (TPSA) is 42.3 Å². The summed E-state index contributed by atoms with van der Waals surface area (Å²) in [5.41, 5.74) is 2.14. The van der Waals surface area contributed by atoms with Crippen molar-refractivity contribution in [1.29, 1.82) is 0 Å². The maximum absolute atomic E-state index is 6.34. The van der Waals surface area contributed by atoms with Crippen molar-refractivity contribution in [1.82, 2.24) is 20.0 Å². The Morgan fingerprint density at radius 3 is 2.90 bits per heavy atom. The number of nitrogens with one attached hydrogen (secondary N) is 1. The highest BCUT2D eigenvalue weighted by Gasteiger charge is 2.20. The maximum Gasteiger partial charge on any atom is 0.131 e. The van der Waals surface area contributed by atoms with Crippen LogP contribution in [0.4, 0.5) is 0 Å². The first-order chi connectivity index (χ1) is 9.61. The van der Waals surface area contributed by atoms with Gasteiger partial charge in [0.2, 0.25) is 0 Å². The first-order valence-corrected chi connectivity index (χ1v) is 7.62. The monoisotopic (exact) mass is 300 g/mol. The molecule has 20 heavy (non-hydrogen) atoms. The normalized spacial score (nSPS) is 19.1. The van der Waals surface area contributed by atoms with Gasteiger partial charge < -0.3 is 10.1 Å². The van der Waals surface area contributed by atoms with Crippen LogP contribution >= 0.6 is 11.6 Å². The zero-order valence-corrected chi connectivity index (χ0v) is 13.4. The average molecular weight is 301 g/mol. The second-order valence-electron chi connectivity index (χ2n) is 5.50. The van der Waals surface area contributed by atoms with E-state index in [1.807, 2.05) is 14.0 Å². The van der Waals surface area contributed by atoms with E-state index in [2.05, 4.69) is 15.3 Å². The highest BCUT2D eigenvalue weighted by atomic mass is 35.5. The second-order valence-corrected chi connectivity index (χ2v) is 5.86. The lowest BCUT2D eigenvalue weighted by molar-refractivity contribution is 0.138. The van der Waals surface area contributed by atoms with Gasteiger partial charge in [-0.1, -0.05) is 11.6 Å². The molecule has 1 atom stereocenters. The van der Waals surface area contributed by atoms with Crippen LogP contribution in [0, 0.1) is 6.92 Å². The molecule has 1 aliphatic rings. The van der Waals surface area contributed by atoms with Crippen LogP contribution in [0.15, 0.2) is 0 Å². The number of hydrogen-bond donors (Lipinski definition) is 1. The molecule has 2 rings (SSSR count). The van der Waals surface area contributed by atoms with E-state index in [1.54, 1.807) is 11.8 Å². The zero-order valence-electron chi connectivity index (χ0n) is 12.7. The summed E-state index contributed by atoms with van der Waals surface area (Å²) in [7, 11) is 3.63. The summed E-state index contributed by atoms with van der Waals surface area (Å²) in [5, 5.41) is 8.67. The van der Waals surface area contributed by atoms with Crippen molar-refractivity contribution in [3.63, 3.8) is 0 Å². The van der Waals surface area contributed by atoms with Crippen LogP contribution in [0.3, 0.4) is 0 Å². The van der Waals surface area contributed by atoms with Crippen molar-refractivity contribution in [2.75, 3.05) is 33.4 Å². The molecule has 1 aliphatic heterocycles. The average Bonchev–Trinajstić information content (AvgIpc) is 3.00. The van der Waals surface area contributed by atoms with Crippen LogP contribution in [0.1, 0.15) is 24.1 Å². The van der Waals surface area contributed by atoms with Crippen LogP contribution < -0.4 is 5.32 Å². The van der Waals surface area contributed by atoms with Crippen molar-refractivity contribution in [2.45, 2.75) is 32.4 Å². The van der Waals surface area contributed by atoms with Gasteiger partial charge in [-0.2, -0.15) is 5.10 Å². The van der Waals surface area contributed by atoms with E-state index < -0.39 is 0 Å². The van der Waals surface area contributed by atoms with Gasteiger partial charge >= 0.3 is 0 Å². The van der Waals surface area contributed by atoms with Gasteiger partial charge in [-0.05, 0) is 26.3 Å². The Labute approximate surface area is 126 Å². The lowest BCUT2D eigenvalue weighted by atomic mass is 10.2. The van der Waals surface area contributed by atoms with E-state index in [0.29, 0.717) is 6.04 Å². The summed E-state index contributed by atoms with van der Waals surface area (Å²) in [6.45, 7) is 6.68. The lowest BCUT2D eigenvalue weighted by Gasteiger charge is -2.25. The maximum atomic E-state index is 6.34. The summed E-state index contributed by atoms with van der Waals surface area (Å²) >= 11 is 6.34. The van der Waals surface area contributed by atoms with Gasteiger partial charge in [0.25, 0.3) is 0 Å². The SMILES string of the molecule is COCCN(Cc1c(C)nn(C)c1Cl)CC1CCCN1. The molecule has 0 bridgehead atoms. The number of nitrogens with zero attached hydrogens (tertiary/aromatic N) is 3. The molecule has 114 valence electrons. The number of hydrogen-bond acceptors (Lipinski definition) is 4. The molecule has 1 aromatic rings. The summed E-state index contributed by atoms with van der Waals surface area (Å²) in [6, 6.07) is 0.586. The molecule has 5 nitrogen and oxygen atoms in total. The molecule has 2 heterocycles. The molecule has 0 saturated carbocycles. The summed E-state index contributed by atoms with van der Waals surface area (Å²) in [6.07, 6.45) is 2.53. The third-order valence-electron chi connectivity index (χ3n) is 3.90. The van der Waals surface area contributed by atoms with Crippen molar-refractivity contribution in [3.8, 4) is 0 Å². The molecule has 6 heteroatoms. The molecule has 1 unspecified atom stereocenters. The molecule has 0 aliphatic carbocycles. The summed E-state index contributed by atoms with van der Waals surface area (Å²) in [4.78, 5) is 2.41. The molecular formula is C14H25ClN4O. The summed E-state index contributed by atoms with van der Waals surface area (Å²) < 4.78 is 6.97. The van der Waals surface area contributed by atoms with Gasteiger partial charge in [0.15, 0.2) is 0 Å². The standard InChI is InChI=1S/C14H25ClN4O/c1-11-13(14(15)18(2)17-11)10-19(7-8-20-3)9-12-5-4-6-16-12/h12,16H,4-10H2,1-3H3. The fraction of sp³-hybridized carbons (Fsp3) is 0.786. The minimum Gasteiger partial charge on any atom is -0.383 e. The highest BCUT2D eigenvalue weighted by molar-refractivity contribution is 6.30. The largest absolute Gasteiger partial charge is 0.383 e. The van der Waals surface area contributed by atoms with Crippen LogP contribution in [-0.4, -0.2) is 54.1 Å². The molecule has 0 spiro atoms. The van der Waals surface area contributed by atoms with Crippen LogP contribution in [-0.2, 0) is 18.3 Å². The molecule has 1 fully saturated rings. The van der Waals surface area contributed by atoms with Crippen LogP contribution in [0.2, 0.25) is 5.15 Å². The molecule has 1 saturated heterocycles. The molecule has 0 amide bonds. The molecule has 0 radical (unpaired) electrons. The van der Waals surface area contributed by atoms with E-state index in [-0.39, 0.29) is 0 Å². The Morgan fingerprint density at radius 1 is 1.55 bits per heavy atom. The van der Waals surface area contributed by atoms with Crippen molar-refractivity contribution < 1.29 is 4.74 Å². The number of halogens is 1. The van der Waals surface area contributed by atoms with Crippen molar-refractivity contribution in [3.05, 3.63) is 16.4 Å². The van der Waals surface area contributed by atoms with Crippen molar-refractivity contribution >= 4 is 11.6 Å². The first kappa shape index (κ1) is 15.8. The Kier molecular flexibility index (Phi) is 5.84. The quantitative estimate of drug-likeness (QED) is 0.830. The lowest BCUT2D eigenvalue weighted by Crippen LogP contribution is -2.38. The Morgan fingerprint density at radius 2 is 2.35 bits per heavy atom. The van der Waals surface area contributed by atoms with Gasteiger partial charge in [0.05, 0.1) is 12.3 Å². The molecule has 0 aromatic carbocycles. The fourth-order valence-electron chi connectivity index (χ4n) is 2.76. The fourth-order valence-corrected chi connectivity index (χ4v) is 2.99. The van der Waals surface area contributed by atoms with Crippen molar-refractivity contribution in [2.24, 2.45) is 7.05 Å². The third kappa shape index (κ3) is 3.95. The van der Waals surface area contributed by atoms with Crippen LogP contribution in [0.25, 0.3) is 0 Å². The number of aromatic nitrogens is 2. The van der Waals surface area contributed by atoms with Gasteiger partial charge in [-0.3, -0.25) is 9.58 Å². The second kappa shape index (κ2) is 7.41. The smallest absolute Gasteiger partial charge is 0.131 e. The number of rotatable bonds is 7. The number of ether oxygens (including phenoxy) is 1. The summed E-state index contributed by atoms with van der Waals surface area (Å²) in [5.74, 6) is 0. The van der Waals surface area contributed by atoms with E-state index >= 15 is 0 Å². The van der Waals surface area contributed by atoms with Gasteiger partial charge in [-0.15, -0.1) is 0 Å². The van der Waals surface area contributed by atoms with Gasteiger partial charge in [0.1, 0.15) is 5.15 Å². The van der Waals surface area contributed by atoms with E-state index in [1.165, 1.54) is 12.8 Å². The van der Waals surface area contributed by atoms with Gasteiger partial charge in [-0.25, -0.2) is 0 Å². The van der Waals surface area contributed by atoms with Gasteiger partial charge in [0, 0.05) is 45.4 Å². The van der Waals surface area contributed by atoms with E-state index in [9.17, 15) is 0 Å². The Hall–Kier alpha value is -0.620. The first-order valence-electron chi connectivity index (χ1n) is 7.24. The van der Waals surface area contributed by atoms with Crippen LogP contribution in [0.5, 0.6) is 0 Å².